The van der Waals surface area contributed by atoms with Crippen LogP contribution in [-0.2, 0) is 9.53 Å². The minimum absolute atomic E-state index is 0.0583. The summed E-state index contributed by atoms with van der Waals surface area (Å²) in [5.74, 6) is 3.23. The number of hydrogen-bond acceptors (Lipinski definition) is 2. The summed E-state index contributed by atoms with van der Waals surface area (Å²) in [5, 5.41) is 0. The van der Waals surface area contributed by atoms with E-state index in [2.05, 4.69) is 13.8 Å². The van der Waals surface area contributed by atoms with Gasteiger partial charge in [0.15, 0.2) is 0 Å². The fraction of sp³-hybridized carbons (Fsp3) is 0.938. The lowest BCUT2D eigenvalue weighted by atomic mass is 9.72. The average Bonchev–Trinajstić information content (AvgIpc) is 2.82. The second-order valence-corrected chi connectivity index (χ2v) is 7.18. The summed E-state index contributed by atoms with van der Waals surface area (Å²) in [7, 11) is 0. The largest absolute Gasteiger partial charge is 0.460 e. The smallest absolute Gasteiger partial charge is 0.309 e. The first-order chi connectivity index (χ1) is 8.37. The maximum absolute atomic E-state index is 12.3. The van der Waals surface area contributed by atoms with Crippen molar-refractivity contribution in [3.8, 4) is 0 Å². The molecule has 2 saturated carbocycles. The first kappa shape index (κ1) is 13.9. The molecule has 0 aromatic rings. The molecule has 0 amide bonds. The van der Waals surface area contributed by atoms with Crippen LogP contribution in [0, 0.1) is 29.6 Å². The van der Waals surface area contributed by atoms with E-state index >= 15 is 0 Å². The fourth-order valence-electron chi connectivity index (χ4n) is 4.49. The normalized spacial score (nSPS) is 39.1. The molecular formula is C16H28O2. The summed E-state index contributed by atoms with van der Waals surface area (Å²) < 4.78 is 5.60. The number of hydrogen-bond donors (Lipinski definition) is 0. The Morgan fingerprint density at radius 3 is 2.22 bits per heavy atom. The first-order valence-corrected chi connectivity index (χ1v) is 7.60. The Bertz CT molecular complexity index is 316. The molecule has 0 aromatic carbocycles. The van der Waals surface area contributed by atoms with Crippen LogP contribution in [0.25, 0.3) is 0 Å². The lowest BCUT2D eigenvalue weighted by Crippen LogP contribution is -2.36. The second kappa shape index (κ2) is 4.86. The number of rotatable bonds is 3. The van der Waals surface area contributed by atoms with Crippen LogP contribution in [-0.4, -0.2) is 11.6 Å². The minimum Gasteiger partial charge on any atom is -0.460 e. The van der Waals surface area contributed by atoms with Crippen LogP contribution in [0.3, 0.4) is 0 Å². The van der Waals surface area contributed by atoms with E-state index in [1.165, 1.54) is 19.3 Å². The van der Waals surface area contributed by atoms with Gasteiger partial charge in [-0.1, -0.05) is 26.7 Å². The molecule has 0 aromatic heterocycles. The van der Waals surface area contributed by atoms with E-state index in [-0.39, 0.29) is 17.5 Å². The first-order valence-electron chi connectivity index (χ1n) is 7.60. The Labute approximate surface area is 111 Å². The summed E-state index contributed by atoms with van der Waals surface area (Å²) in [6.07, 6.45) is 4.84. The van der Waals surface area contributed by atoms with Crippen LogP contribution in [0.4, 0.5) is 0 Å². The van der Waals surface area contributed by atoms with E-state index in [9.17, 15) is 4.79 Å². The molecule has 0 N–H and O–H groups in total. The Morgan fingerprint density at radius 2 is 1.72 bits per heavy atom. The SMILES string of the molecule is CCC1C2CC(C(=O)OC(C)(C)C)C(C2)C1CC. The van der Waals surface area contributed by atoms with Gasteiger partial charge >= 0.3 is 5.97 Å². The maximum atomic E-state index is 12.3. The van der Waals surface area contributed by atoms with Gasteiger partial charge in [0.1, 0.15) is 5.60 Å². The maximum Gasteiger partial charge on any atom is 0.309 e. The van der Waals surface area contributed by atoms with E-state index in [4.69, 9.17) is 4.74 Å². The summed E-state index contributed by atoms with van der Waals surface area (Å²) in [6, 6.07) is 0. The van der Waals surface area contributed by atoms with Crippen molar-refractivity contribution >= 4 is 5.97 Å². The molecule has 18 heavy (non-hydrogen) atoms. The van der Waals surface area contributed by atoms with Crippen molar-refractivity contribution in [1.29, 1.82) is 0 Å². The van der Waals surface area contributed by atoms with Gasteiger partial charge in [0.2, 0.25) is 0 Å². The zero-order chi connectivity index (χ0) is 13.5. The van der Waals surface area contributed by atoms with Gasteiger partial charge in [-0.3, -0.25) is 4.79 Å². The van der Waals surface area contributed by atoms with Crippen LogP contribution in [0.5, 0.6) is 0 Å². The highest BCUT2D eigenvalue weighted by atomic mass is 16.6. The molecule has 5 atom stereocenters. The number of fused-ring (bicyclic) bond motifs is 2. The Kier molecular flexibility index (Phi) is 3.75. The molecule has 5 unspecified atom stereocenters. The fourth-order valence-corrected chi connectivity index (χ4v) is 4.49. The van der Waals surface area contributed by atoms with Crippen LogP contribution < -0.4 is 0 Å². The number of esters is 1. The average molecular weight is 252 g/mol. The quantitative estimate of drug-likeness (QED) is 0.709. The molecular weight excluding hydrogens is 224 g/mol. The highest BCUT2D eigenvalue weighted by molar-refractivity contribution is 5.74. The monoisotopic (exact) mass is 252 g/mol. The van der Waals surface area contributed by atoms with Gasteiger partial charge in [-0.15, -0.1) is 0 Å². The number of ether oxygens (including phenoxy) is 1. The summed E-state index contributed by atoms with van der Waals surface area (Å²) in [5.41, 5.74) is -0.342. The summed E-state index contributed by atoms with van der Waals surface area (Å²) in [6.45, 7) is 10.5. The molecule has 0 radical (unpaired) electrons. The molecule has 2 aliphatic rings. The van der Waals surface area contributed by atoms with Crippen molar-refractivity contribution in [2.45, 2.75) is 65.9 Å². The third kappa shape index (κ3) is 2.44. The van der Waals surface area contributed by atoms with Crippen molar-refractivity contribution in [3.63, 3.8) is 0 Å². The summed E-state index contributed by atoms with van der Waals surface area (Å²) in [4.78, 5) is 12.3. The molecule has 2 rings (SSSR count). The predicted octanol–water partition coefficient (Wildman–Crippen LogP) is 4.04. The molecule has 2 bridgehead atoms. The number of carbonyl (C=O) groups excluding carboxylic acids is 1. The zero-order valence-electron chi connectivity index (χ0n) is 12.5. The molecule has 0 saturated heterocycles. The van der Waals surface area contributed by atoms with Crippen molar-refractivity contribution in [3.05, 3.63) is 0 Å². The zero-order valence-corrected chi connectivity index (χ0v) is 12.5. The Balaban J connectivity index is 2.04. The third-order valence-corrected chi connectivity index (χ3v) is 5.01. The van der Waals surface area contributed by atoms with Gasteiger partial charge in [-0.25, -0.2) is 0 Å². The molecule has 2 heteroatoms. The topological polar surface area (TPSA) is 26.3 Å². The van der Waals surface area contributed by atoms with E-state index in [0.29, 0.717) is 5.92 Å². The van der Waals surface area contributed by atoms with Gasteiger partial charge in [0, 0.05) is 0 Å². The van der Waals surface area contributed by atoms with Crippen LogP contribution >= 0.6 is 0 Å². The predicted molar refractivity (Wildman–Crippen MR) is 73.1 cm³/mol. The van der Waals surface area contributed by atoms with Crippen molar-refractivity contribution in [2.24, 2.45) is 29.6 Å². The van der Waals surface area contributed by atoms with Crippen LogP contribution in [0.2, 0.25) is 0 Å². The molecule has 2 nitrogen and oxygen atoms in total. The molecule has 2 aliphatic carbocycles. The van der Waals surface area contributed by atoms with Crippen molar-refractivity contribution in [2.75, 3.05) is 0 Å². The van der Waals surface area contributed by atoms with E-state index < -0.39 is 0 Å². The molecule has 0 heterocycles. The number of carbonyl (C=O) groups is 1. The van der Waals surface area contributed by atoms with Gasteiger partial charge in [-0.05, 0) is 57.3 Å². The third-order valence-electron chi connectivity index (χ3n) is 5.01. The van der Waals surface area contributed by atoms with Gasteiger partial charge in [0.25, 0.3) is 0 Å². The standard InChI is InChI=1S/C16H28O2/c1-6-11-10-8-13(12(11)7-2)14(9-10)15(17)18-16(3,4)5/h10-14H,6-9H2,1-5H3. The van der Waals surface area contributed by atoms with E-state index in [1.54, 1.807) is 0 Å². The lowest BCUT2D eigenvalue weighted by Gasteiger charge is -2.35. The highest BCUT2D eigenvalue weighted by Gasteiger charge is 2.53. The van der Waals surface area contributed by atoms with Crippen LogP contribution in [0.1, 0.15) is 60.3 Å². The highest BCUT2D eigenvalue weighted by Crippen LogP contribution is 2.57. The molecule has 2 fully saturated rings. The minimum atomic E-state index is -0.342. The van der Waals surface area contributed by atoms with E-state index in [1.807, 2.05) is 20.8 Å². The summed E-state index contributed by atoms with van der Waals surface area (Å²) >= 11 is 0. The Hall–Kier alpha value is -0.530. The van der Waals surface area contributed by atoms with Gasteiger partial charge < -0.3 is 4.74 Å². The second-order valence-electron chi connectivity index (χ2n) is 7.18. The van der Waals surface area contributed by atoms with Gasteiger partial charge in [-0.2, -0.15) is 0 Å². The molecule has 104 valence electrons. The lowest BCUT2D eigenvalue weighted by molar-refractivity contribution is -0.163. The van der Waals surface area contributed by atoms with Crippen molar-refractivity contribution < 1.29 is 9.53 Å². The molecule has 0 spiro atoms. The molecule has 0 aliphatic heterocycles. The van der Waals surface area contributed by atoms with Crippen molar-refractivity contribution in [1.82, 2.24) is 0 Å². The Morgan fingerprint density at radius 1 is 1.11 bits per heavy atom. The van der Waals surface area contributed by atoms with E-state index in [0.717, 1.165) is 24.2 Å². The van der Waals surface area contributed by atoms with Crippen LogP contribution in [0.15, 0.2) is 0 Å². The van der Waals surface area contributed by atoms with Gasteiger partial charge in [0.05, 0.1) is 5.92 Å².